The summed E-state index contributed by atoms with van der Waals surface area (Å²) < 4.78 is 0. The third-order valence-corrected chi connectivity index (χ3v) is 4.86. The molecule has 1 aliphatic heterocycles. The molecule has 1 atom stereocenters. The van der Waals surface area contributed by atoms with Crippen molar-refractivity contribution in [1.82, 2.24) is 9.80 Å². The first-order valence-corrected chi connectivity index (χ1v) is 8.99. The Kier molecular flexibility index (Phi) is 5.71. The average Bonchev–Trinajstić information content (AvgIpc) is 2.76. The van der Waals surface area contributed by atoms with Crippen molar-refractivity contribution >= 4 is 5.91 Å². The second-order valence-electron chi connectivity index (χ2n) is 6.72. The molecule has 1 saturated heterocycles. The summed E-state index contributed by atoms with van der Waals surface area (Å²) in [5.74, 6) is 0.523. The summed E-state index contributed by atoms with van der Waals surface area (Å²) in [6.45, 7) is 5.21. The van der Waals surface area contributed by atoms with E-state index in [1.807, 2.05) is 35.2 Å². The van der Waals surface area contributed by atoms with E-state index in [0.29, 0.717) is 18.7 Å². The molecular formula is C21H26N2O2. The van der Waals surface area contributed by atoms with Crippen LogP contribution in [0.4, 0.5) is 0 Å². The number of phenolic OH excluding ortho intramolecular Hbond substituents is 1. The Labute approximate surface area is 149 Å². The van der Waals surface area contributed by atoms with Crippen molar-refractivity contribution in [2.45, 2.75) is 38.9 Å². The molecule has 1 fully saturated rings. The van der Waals surface area contributed by atoms with Gasteiger partial charge in [-0.1, -0.05) is 49.4 Å². The van der Waals surface area contributed by atoms with E-state index in [2.05, 4.69) is 24.0 Å². The molecule has 0 saturated carbocycles. The molecule has 132 valence electrons. The van der Waals surface area contributed by atoms with Crippen molar-refractivity contribution in [2.75, 3.05) is 13.1 Å². The highest BCUT2D eigenvalue weighted by molar-refractivity contribution is 5.77. The van der Waals surface area contributed by atoms with E-state index in [4.69, 9.17) is 0 Å². The van der Waals surface area contributed by atoms with E-state index in [9.17, 15) is 9.90 Å². The van der Waals surface area contributed by atoms with Crippen LogP contribution in [0.25, 0.3) is 0 Å². The highest BCUT2D eigenvalue weighted by atomic mass is 16.3. The summed E-state index contributed by atoms with van der Waals surface area (Å²) in [6.07, 6.45) is 1.48. The minimum absolute atomic E-state index is 0.215. The van der Waals surface area contributed by atoms with Crippen LogP contribution in [-0.2, 0) is 17.9 Å². The van der Waals surface area contributed by atoms with Crippen LogP contribution < -0.4 is 0 Å². The van der Waals surface area contributed by atoms with Crippen LogP contribution in [0.3, 0.4) is 0 Å². The molecule has 4 nitrogen and oxygen atoms in total. The molecule has 0 radical (unpaired) electrons. The molecule has 0 aliphatic carbocycles. The van der Waals surface area contributed by atoms with Gasteiger partial charge in [0.15, 0.2) is 0 Å². The number of carbonyl (C=O) groups is 1. The molecule has 2 aromatic carbocycles. The number of phenols is 1. The molecule has 4 heteroatoms. The van der Waals surface area contributed by atoms with Crippen LogP contribution in [0.5, 0.6) is 5.75 Å². The van der Waals surface area contributed by atoms with Crippen molar-refractivity contribution in [3.8, 4) is 5.75 Å². The maximum atomic E-state index is 12.7. The molecule has 0 aromatic heterocycles. The van der Waals surface area contributed by atoms with Crippen molar-refractivity contribution in [2.24, 2.45) is 0 Å². The fourth-order valence-corrected chi connectivity index (χ4v) is 3.49. The fraction of sp³-hybridized carbons (Fsp3) is 0.381. The first kappa shape index (κ1) is 17.5. The number of hydrogen-bond acceptors (Lipinski definition) is 3. The van der Waals surface area contributed by atoms with E-state index in [1.165, 1.54) is 5.56 Å². The summed E-state index contributed by atoms with van der Waals surface area (Å²) in [7, 11) is 0. The third kappa shape index (κ3) is 4.60. The van der Waals surface area contributed by atoms with E-state index in [-0.39, 0.29) is 11.9 Å². The molecule has 0 bridgehead atoms. The first-order chi connectivity index (χ1) is 12.2. The summed E-state index contributed by atoms with van der Waals surface area (Å²) in [5, 5.41) is 9.66. The summed E-state index contributed by atoms with van der Waals surface area (Å²) in [5.41, 5.74) is 2.26. The summed E-state index contributed by atoms with van der Waals surface area (Å²) in [6, 6.07) is 17.8. The molecular weight excluding hydrogens is 312 g/mol. The quantitative estimate of drug-likeness (QED) is 0.909. The van der Waals surface area contributed by atoms with Gasteiger partial charge in [0.25, 0.3) is 0 Å². The fourth-order valence-electron chi connectivity index (χ4n) is 3.49. The van der Waals surface area contributed by atoms with Gasteiger partial charge in [-0.15, -0.1) is 0 Å². The second kappa shape index (κ2) is 8.17. The van der Waals surface area contributed by atoms with Crippen molar-refractivity contribution in [1.29, 1.82) is 0 Å². The van der Waals surface area contributed by atoms with Crippen LogP contribution in [0.1, 0.15) is 30.9 Å². The van der Waals surface area contributed by atoms with E-state index < -0.39 is 0 Å². The van der Waals surface area contributed by atoms with Gasteiger partial charge in [-0.25, -0.2) is 0 Å². The zero-order valence-corrected chi connectivity index (χ0v) is 14.8. The lowest BCUT2D eigenvalue weighted by molar-refractivity contribution is -0.133. The number of rotatable bonds is 5. The summed E-state index contributed by atoms with van der Waals surface area (Å²) >= 11 is 0. The maximum Gasteiger partial charge on any atom is 0.224 e. The van der Waals surface area contributed by atoms with Gasteiger partial charge in [-0.3, -0.25) is 9.69 Å². The van der Waals surface area contributed by atoms with Gasteiger partial charge in [0.2, 0.25) is 5.91 Å². The predicted molar refractivity (Wildman–Crippen MR) is 99.1 cm³/mol. The number of nitrogens with zero attached hydrogens (tertiary/aromatic N) is 2. The minimum Gasteiger partial charge on any atom is -0.508 e. The molecule has 1 amide bonds. The van der Waals surface area contributed by atoms with Gasteiger partial charge < -0.3 is 10.0 Å². The van der Waals surface area contributed by atoms with E-state index in [1.54, 1.807) is 12.1 Å². The lowest BCUT2D eigenvalue weighted by Gasteiger charge is -2.31. The largest absolute Gasteiger partial charge is 0.508 e. The van der Waals surface area contributed by atoms with Crippen LogP contribution in [0.15, 0.2) is 54.6 Å². The predicted octanol–water partition coefficient (Wildman–Crippen LogP) is 3.41. The first-order valence-electron chi connectivity index (χ1n) is 8.99. The van der Waals surface area contributed by atoms with Gasteiger partial charge in [0.1, 0.15) is 5.75 Å². The Morgan fingerprint density at radius 2 is 1.80 bits per heavy atom. The van der Waals surface area contributed by atoms with Gasteiger partial charge in [-0.2, -0.15) is 0 Å². The molecule has 3 rings (SSSR count). The number of amides is 1. The van der Waals surface area contributed by atoms with Gasteiger partial charge in [0, 0.05) is 38.6 Å². The molecule has 1 unspecified atom stereocenters. The van der Waals surface area contributed by atoms with Crippen LogP contribution in [-0.4, -0.2) is 39.9 Å². The Morgan fingerprint density at radius 1 is 1.04 bits per heavy atom. The SMILES string of the molecule is CCC1CN(Cc2cccc(O)c2)CCC(=O)N1Cc1ccccc1. The number of hydrogen-bond donors (Lipinski definition) is 1. The zero-order chi connectivity index (χ0) is 17.6. The van der Waals surface area contributed by atoms with Crippen molar-refractivity contribution < 1.29 is 9.90 Å². The Bertz CT molecular complexity index is 702. The molecule has 1 heterocycles. The molecule has 0 spiro atoms. The Balaban J connectivity index is 1.72. The van der Waals surface area contributed by atoms with Crippen LogP contribution >= 0.6 is 0 Å². The smallest absolute Gasteiger partial charge is 0.224 e. The Morgan fingerprint density at radius 3 is 2.52 bits per heavy atom. The van der Waals surface area contributed by atoms with Gasteiger partial charge >= 0.3 is 0 Å². The Hall–Kier alpha value is -2.33. The van der Waals surface area contributed by atoms with Gasteiger partial charge in [0.05, 0.1) is 0 Å². The summed E-state index contributed by atoms with van der Waals surface area (Å²) in [4.78, 5) is 17.1. The van der Waals surface area contributed by atoms with Crippen LogP contribution in [0, 0.1) is 0 Å². The lowest BCUT2D eigenvalue weighted by Crippen LogP contribution is -2.42. The average molecular weight is 338 g/mol. The van der Waals surface area contributed by atoms with Crippen molar-refractivity contribution in [3.05, 3.63) is 65.7 Å². The maximum absolute atomic E-state index is 12.7. The highest BCUT2D eigenvalue weighted by Crippen LogP contribution is 2.20. The van der Waals surface area contributed by atoms with Crippen LogP contribution in [0.2, 0.25) is 0 Å². The zero-order valence-electron chi connectivity index (χ0n) is 14.8. The minimum atomic E-state index is 0.215. The van der Waals surface area contributed by atoms with Crippen molar-refractivity contribution in [3.63, 3.8) is 0 Å². The monoisotopic (exact) mass is 338 g/mol. The number of benzene rings is 2. The van der Waals surface area contributed by atoms with E-state index >= 15 is 0 Å². The lowest BCUT2D eigenvalue weighted by atomic mass is 10.1. The number of aromatic hydroxyl groups is 1. The third-order valence-electron chi connectivity index (χ3n) is 4.86. The standard InChI is InChI=1S/C21H26N2O2/c1-2-19-16-22(14-18-9-6-10-20(24)13-18)12-11-21(25)23(19)15-17-7-4-3-5-8-17/h3-10,13,19,24H,2,11-12,14-16H2,1H3. The second-order valence-corrected chi connectivity index (χ2v) is 6.72. The normalized spacial score (nSPS) is 19.0. The molecule has 1 aliphatic rings. The molecule has 25 heavy (non-hydrogen) atoms. The highest BCUT2D eigenvalue weighted by Gasteiger charge is 2.28. The molecule has 1 N–H and O–H groups in total. The van der Waals surface area contributed by atoms with E-state index in [0.717, 1.165) is 31.6 Å². The molecule has 2 aromatic rings. The topological polar surface area (TPSA) is 43.8 Å². The number of carbonyl (C=O) groups excluding carboxylic acids is 1. The van der Waals surface area contributed by atoms with Gasteiger partial charge in [-0.05, 0) is 29.7 Å².